The van der Waals surface area contributed by atoms with Crippen molar-refractivity contribution >= 4 is 17.7 Å². The number of carbonyl (C=O) groups excluding carboxylic acids is 1. The van der Waals surface area contributed by atoms with Crippen molar-refractivity contribution in [1.29, 1.82) is 0 Å². The summed E-state index contributed by atoms with van der Waals surface area (Å²) in [5, 5.41) is 3.19. The lowest BCUT2D eigenvalue weighted by Crippen LogP contribution is -2.35. The van der Waals surface area contributed by atoms with Crippen molar-refractivity contribution in [3.8, 4) is 0 Å². The number of carbonyl (C=O) groups is 1. The van der Waals surface area contributed by atoms with E-state index in [-0.39, 0.29) is 23.7 Å². The van der Waals surface area contributed by atoms with E-state index >= 15 is 0 Å². The number of rotatable bonds is 2. The van der Waals surface area contributed by atoms with E-state index in [1.807, 2.05) is 18.2 Å². The van der Waals surface area contributed by atoms with E-state index < -0.39 is 0 Å². The van der Waals surface area contributed by atoms with E-state index in [2.05, 4.69) is 17.4 Å². The van der Waals surface area contributed by atoms with Gasteiger partial charge in [0, 0.05) is 10.6 Å². The molecule has 2 aliphatic rings. The summed E-state index contributed by atoms with van der Waals surface area (Å²) >= 11 is 1.73. The molecule has 0 radical (unpaired) electrons. The van der Waals surface area contributed by atoms with Crippen LogP contribution in [0.3, 0.4) is 0 Å². The fourth-order valence-electron chi connectivity index (χ4n) is 3.81. The number of amides is 1. The Morgan fingerprint density at radius 2 is 2.00 bits per heavy atom. The fraction of sp³-hybridized carbons (Fsp3) is 0.350. The van der Waals surface area contributed by atoms with E-state index in [4.69, 9.17) is 0 Å². The molecule has 0 unspecified atom stereocenters. The van der Waals surface area contributed by atoms with Gasteiger partial charge < -0.3 is 5.32 Å². The Hall–Kier alpha value is -1.81. The molecular formula is C20H20FNOS. The molecule has 24 heavy (non-hydrogen) atoms. The summed E-state index contributed by atoms with van der Waals surface area (Å²) in [5.41, 5.74) is 3.36. The molecule has 0 spiro atoms. The standard InChI is InChI=1S/C20H20FNOS/c21-14-8-9-19-17(12-14)18(10-11-24-19)22-20(23)16-7-3-5-13-4-1-2-6-15(13)16/h1-2,4,6,8-9,12,16,18H,3,5,7,10-11H2,(H,22,23)/t16-,18+/m0/s1. The van der Waals surface area contributed by atoms with Crippen LogP contribution >= 0.6 is 11.8 Å². The first-order chi connectivity index (χ1) is 11.7. The Balaban J connectivity index is 1.57. The normalized spacial score (nSPS) is 22.4. The van der Waals surface area contributed by atoms with Crippen molar-refractivity contribution in [2.45, 2.75) is 42.5 Å². The highest BCUT2D eigenvalue weighted by Gasteiger charge is 2.29. The van der Waals surface area contributed by atoms with Gasteiger partial charge in [0.2, 0.25) is 5.91 Å². The zero-order chi connectivity index (χ0) is 16.5. The van der Waals surface area contributed by atoms with E-state index in [1.165, 1.54) is 11.6 Å². The van der Waals surface area contributed by atoms with Crippen LogP contribution in [0, 0.1) is 5.82 Å². The smallest absolute Gasteiger partial charge is 0.228 e. The second-order valence-corrected chi connectivity index (χ2v) is 7.66. The molecule has 1 aliphatic carbocycles. The first-order valence-corrected chi connectivity index (χ1v) is 9.51. The molecule has 1 N–H and O–H groups in total. The highest BCUT2D eigenvalue weighted by atomic mass is 32.2. The molecule has 0 fully saturated rings. The van der Waals surface area contributed by atoms with Crippen LogP contribution in [0.15, 0.2) is 47.4 Å². The van der Waals surface area contributed by atoms with Gasteiger partial charge in [-0.15, -0.1) is 11.8 Å². The van der Waals surface area contributed by atoms with Crippen molar-refractivity contribution in [1.82, 2.24) is 5.32 Å². The quantitative estimate of drug-likeness (QED) is 0.865. The van der Waals surface area contributed by atoms with Crippen LogP contribution in [0.2, 0.25) is 0 Å². The number of halogens is 1. The molecule has 2 aromatic carbocycles. The van der Waals surface area contributed by atoms with Crippen LogP contribution in [-0.4, -0.2) is 11.7 Å². The summed E-state index contributed by atoms with van der Waals surface area (Å²) in [6.07, 6.45) is 3.83. The van der Waals surface area contributed by atoms with Gasteiger partial charge in [-0.3, -0.25) is 4.79 Å². The van der Waals surface area contributed by atoms with Crippen molar-refractivity contribution < 1.29 is 9.18 Å². The van der Waals surface area contributed by atoms with Crippen LogP contribution in [0.25, 0.3) is 0 Å². The predicted octanol–water partition coefficient (Wildman–Crippen LogP) is 4.60. The molecule has 2 aromatic rings. The van der Waals surface area contributed by atoms with Gasteiger partial charge in [-0.05, 0) is 60.6 Å². The van der Waals surface area contributed by atoms with E-state index in [9.17, 15) is 9.18 Å². The van der Waals surface area contributed by atoms with Gasteiger partial charge >= 0.3 is 0 Å². The number of nitrogens with one attached hydrogen (secondary N) is 1. The van der Waals surface area contributed by atoms with Gasteiger partial charge in [0.1, 0.15) is 5.82 Å². The van der Waals surface area contributed by atoms with Gasteiger partial charge in [0.15, 0.2) is 0 Å². The Labute approximate surface area is 145 Å². The maximum Gasteiger partial charge on any atom is 0.228 e. The maximum atomic E-state index is 13.6. The van der Waals surface area contributed by atoms with E-state index in [1.54, 1.807) is 17.8 Å². The number of hydrogen-bond donors (Lipinski definition) is 1. The van der Waals surface area contributed by atoms with Crippen LogP contribution < -0.4 is 5.32 Å². The third kappa shape index (κ3) is 2.95. The SMILES string of the molecule is O=C(N[C@@H]1CCSc2ccc(F)cc21)[C@H]1CCCc2ccccc21. The topological polar surface area (TPSA) is 29.1 Å². The molecule has 0 bridgehead atoms. The zero-order valence-corrected chi connectivity index (χ0v) is 14.2. The summed E-state index contributed by atoms with van der Waals surface area (Å²) in [6, 6.07) is 13.0. The number of benzene rings is 2. The van der Waals surface area contributed by atoms with Crippen LogP contribution in [0.4, 0.5) is 4.39 Å². The highest BCUT2D eigenvalue weighted by molar-refractivity contribution is 7.99. The molecule has 4 heteroatoms. The third-order valence-electron chi connectivity index (χ3n) is 5.01. The first kappa shape index (κ1) is 15.7. The Morgan fingerprint density at radius 1 is 1.12 bits per heavy atom. The van der Waals surface area contributed by atoms with E-state index in [0.717, 1.165) is 47.5 Å². The molecule has 1 aliphatic heterocycles. The van der Waals surface area contributed by atoms with E-state index in [0.29, 0.717) is 0 Å². The summed E-state index contributed by atoms with van der Waals surface area (Å²) in [4.78, 5) is 14.0. The maximum absolute atomic E-state index is 13.6. The van der Waals surface area contributed by atoms with Crippen LogP contribution in [0.5, 0.6) is 0 Å². The van der Waals surface area contributed by atoms with Gasteiger partial charge in [-0.1, -0.05) is 24.3 Å². The summed E-state index contributed by atoms with van der Waals surface area (Å²) in [6.45, 7) is 0. The largest absolute Gasteiger partial charge is 0.349 e. The van der Waals surface area contributed by atoms with Gasteiger partial charge in [-0.25, -0.2) is 4.39 Å². The van der Waals surface area contributed by atoms with Crippen molar-refractivity contribution in [2.24, 2.45) is 0 Å². The molecule has 0 saturated heterocycles. The number of fused-ring (bicyclic) bond motifs is 2. The van der Waals surface area contributed by atoms with Crippen LogP contribution in [-0.2, 0) is 11.2 Å². The Bertz CT molecular complexity index is 776. The zero-order valence-electron chi connectivity index (χ0n) is 13.4. The minimum absolute atomic E-state index is 0.0780. The van der Waals surface area contributed by atoms with Crippen molar-refractivity contribution in [3.05, 3.63) is 65.0 Å². The monoisotopic (exact) mass is 341 g/mol. The lowest BCUT2D eigenvalue weighted by molar-refractivity contribution is -0.123. The molecular weight excluding hydrogens is 321 g/mol. The van der Waals surface area contributed by atoms with Crippen molar-refractivity contribution in [3.63, 3.8) is 0 Å². The number of thioether (sulfide) groups is 1. The Morgan fingerprint density at radius 3 is 2.92 bits per heavy atom. The second kappa shape index (κ2) is 6.60. The average Bonchev–Trinajstić information content (AvgIpc) is 2.61. The highest BCUT2D eigenvalue weighted by Crippen LogP contribution is 2.38. The summed E-state index contributed by atoms with van der Waals surface area (Å²) < 4.78 is 13.6. The third-order valence-corrected chi connectivity index (χ3v) is 6.14. The molecule has 0 saturated carbocycles. The molecule has 0 aromatic heterocycles. The number of hydrogen-bond acceptors (Lipinski definition) is 2. The van der Waals surface area contributed by atoms with Crippen molar-refractivity contribution in [2.75, 3.05) is 5.75 Å². The summed E-state index contributed by atoms with van der Waals surface area (Å²) in [7, 11) is 0. The van der Waals surface area contributed by atoms with Gasteiger partial charge in [0.05, 0.1) is 12.0 Å². The number of aryl methyl sites for hydroxylation is 1. The first-order valence-electron chi connectivity index (χ1n) is 8.53. The average molecular weight is 341 g/mol. The molecule has 4 rings (SSSR count). The molecule has 1 heterocycles. The lowest BCUT2D eigenvalue weighted by Gasteiger charge is -2.30. The summed E-state index contributed by atoms with van der Waals surface area (Å²) in [5.74, 6) is 0.708. The predicted molar refractivity (Wildman–Crippen MR) is 94.7 cm³/mol. The lowest BCUT2D eigenvalue weighted by atomic mass is 9.82. The Kier molecular flexibility index (Phi) is 4.31. The second-order valence-electron chi connectivity index (χ2n) is 6.52. The van der Waals surface area contributed by atoms with Gasteiger partial charge in [-0.2, -0.15) is 0 Å². The van der Waals surface area contributed by atoms with Crippen LogP contribution in [0.1, 0.15) is 47.9 Å². The molecule has 2 atom stereocenters. The molecule has 2 nitrogen and oxygen atoms in total. The minimum Gasteiger partial charge on any atom is -0.349 e. The van der Waals surface area contributed by atoms with Gasteiger partial charge in [0.25, 0.3) is 0 Å². The molecule has 124 valence electrons. The fourth-order valence-corrected chi connectivity index (χ4v) is 4.92. The minimum atomic E-state index is -0.237. The molecule has 1 amide bonds.